The molecule has 2 aromatic carbocycles. The zero-order valence-electron chi connectivity index (χ0n) is 14.1. The highest BCUT2D eigenvalue weighted by Crippen LogP contribution is 2.17. The maximum Gasteiger partial charge on any atom is 0.315 e. The molecule has 0 aliphatic rings. The molecule has 0 radical (unpaired) electrons. The molecule has 2 amide bonds. The van der Waals surface area contributed by atoms with Crippen molar-refractivity contribution in [2.45, 2.75) is 6.54 Å². The van der Waals surface area contributed by atoms with E-state index in [1.54, 1.807) is 6.08 Å². The Hall–Kier alpha value is -3.09. The second kappa shape index (κ2) is 10.0. The number of ether oxygens (including phenoxy) is 2. The van der Waals surface area contributed by atoms with Crippen molar-refractivity contribution in [3.8, 4) is 11.5 Å². The van der Waals surface area contributed by atoms with Gasteiger partial charge >= 0.3 is 6.03 Å². The predicted octanol–water partition coefficient (Wildman–Crippen LogP) is 3.41. The van der Waals surface area contributed by atoms with Gasteiger partial charge in [0, 0.05) is 18.2 Å². The van der Waals surface area contributed by atoms with Crippen LogP contribution in [0.15, 0.2) is 55.1 Å². The van der Waals surface area contributed by atoms with Crippen molar-refractivity contribution in [2.75, 3.05) is 19.8 Å². The highest BCUT2D eigenvalue weighted by molar-refractivity contribution is 5.73. The fourth-order valence-corrected chi connectivity index (χ4v) is 2.08. The molecule has 0 unspecified atom stereocenters. The first-order valence-corrected chi connectivity index (χ1v) is 8.01. The highest BCUT2D eigenvalue weighted by atomic mass is 19.2. The van der Waals surface area contributed by atoms with Gasteiger partial charge in [-0.2, -0.15) is 0 Å². The van der Waals surface area contributed by atoms with Crippen LogP contribution in [0, 0.1) is 11.6 Å². The summed E-state index contributed by atoms with van der Waals surface area (Å²) in [5.74, 6) is -1.05. The van der Waals surface area contributed by atoms with Crippen LogP contribution in [0.3, 0.4) is 0 Å². The molecule has 7 heteroatoms. The second-order valence-corrected chi connectivity index (χ2v) is 5.24. The summed E-state index contributed by atoms with van der Waals surface area (Å²) in [5, 5.41) is 5.32. The van der Waals surface area contributed by atoms with Gasteiger partial charge in [0.05, 0.1) is 6.54 Å². The van der Waals surface area contributed by atoms with Crippen LogP contribution in [-0.2, 0) is 6.54 Å². The number of amides is 2. The Kier molecular flexibility index (Phi) is 7.42. The summed E-state index contributed by atoms with van der Waals surface area (Å²) in [6.07, 6.45) is 1.64. The summed E-state index contributed by atoms with van der Waals surface area (Å²) in [5.41, 5.74) is 0.836. The number of rotatable bonds is 9. The van der Waals surface area contributed by atoms with E-state index in [0.717, 1.165) is 17.7 Å². The summed E-state index contributed by atoms with van der Waals surface area (Å²) in [6, 6.07) is 10.2. The van der Waals surface area contributed by atoms with E-state index in [0.29, 0.717) is 18.9 Å². The molecule has 138 valence electrons. The average Bonchev–Trinajstić information content (AvgIpc) is 2.65. The first-order chi connectivity index (χ1) is 12.6. The van der Waals surface area contributed by atoms with Crippen molar-refractivity contribution in [3.63, 3.8) is 0 Å². The number of urea groups is 1. The summed E-state index contributed by atoms with van der Waals surface area (Å²) in [6.45, 7) is 4.60. The fourth-order valence-electron chi connectivity index (χ4n) is 2.08. The van der Waals surface area contributed by atoms with Gasteiger partial charge in [0.1, 0.15) is 24.7 Å². The molecule has 0 fully saturated rings. The predicted molar refractivity (Wildman–Crippen MR) is 94.2 cm³/mol. The number of carbonyl (C=O) groups excluding carboxylic acids is 1. The van der Waals surface area contributed by atoms with E-state index in [-0.39, 0.29) is 24.9 Å². The minimum Gasteiger partial charge on any atom is -0.492 e. The Morgan fingerprint density at radius 3 is 2.65 bits per heavy atom. The Labute approximate surface area is 150 Å². The number of para-hydroxylation sites is 1. The molecular weight excluding hydrogens is 342 g/mol. The Morgan fingerprint density at radius 1 is 1.08 bits per heavy atom. The minimum atomic E-state index is -0.981. The molecule has 2 N–H and O–H groups in total. The van der Waals surface area contributed by atoms with Gasteiger partial charge < -0.3 is 20.1 Å². The largest absolute Gasteiger partial charge is 0.492 e. The monoisotopic (exact) mass is 362 g/mol. The van der Waals surface area contributed by atoms with Crippen LogP contribution in [0.4, 0.5) is 13.6 Å². The molecule has 0 bridgehead atoms. The summed E-state index contributed by atoms with van der Waals surface area (Å²) < 4.78 is 36.6. The van der Waals surface area contributed by atoms with E-state index in [9.17, 15) is 13.6 Å². The van der Waals surface area contributed by atoms with E-state index in [4.69, 9.17) is 9.47 Å². The van der Waals surface area contributed by atoms with Crippen molar-refractivity contribution < 1.29 is 23.0 Å². The first-order valence-electron chi connectivity index (χ1n) is 8.01. The maximum atomic E-state index is 13.0. The molecule has 0 atom stereocenters. The number of halogens is 2. The normalized spacial score (nSPS) is 10.1. The van der Waals surface area contributed by atoms with Crippen LogP contribution in [0.2, 0.25) is 0 Å². The van der Waals surface area contributed by atoms with Crippen LogP contribution < -0.4 is 20.1 Å². The minimum absolute atomic E-state index is 0.123. The van der Waals surface area contributed by atoms with Crippen molar-refractivity contribution in [1.82, 2.24) is 10.6 Å². The van der Waals surface area contributed by atoms with Crippen LogP contribution in [0.1, 0.15) is 5.56 Å². The molecule has 2 rings (SSSR count). The molecule has 26 heavy (non-hydrogen) atoms. The van der Waals surface area contributed by atoms with Gasteiger partial charge in [-0.05, 0) is 18.2 Å². The lowest BCUT2D eigenvalue weighted by Gasteiger charge is -2.12. The van der Waals surface area contributed by atoms with E-state index in [2.05, 4.69) is 17.2 Å². The van der Waals surface area contributed by atoms with E-state index >= 15 is 0 Å². The molecule has 0 aromatic heterocycles. The number of hydrogen-bond donors (Lipinski definition) is 2. The molecule has 0 heterocycles. The van der Waals surface area contributed by atoms with Crippen molar-refractivity contribution in [3.05, 3.63) is 72.3 Å². The average molecular weight is 362 g/mol. The van der Waals surface area contributed by atoms with Gasteiger partial charge in [0.15, 0.2) is 11.6 Å². The van der Waals surface area contributed by atoms with Gasteiger partial charge in [0.2, 0.25) is 0 Å². The van der Waals surface area contributed by atoms with Crippen molar-refractivity contribution in [2.24, 2.45) is 0 Å². The van der Waals surface area contributed by atoms with Gasteiger partial charge in [-0.3, -0.25) is 0 Å². The summed E-state index contributed by atoms with van der Waals surface area (Å²) in [4.78, 5) is 11.8. The molecule has 0 aliphatic heterocycles. The molecule has 2 aromatic rings. The Morgan fingerprint density at radius 2 is 1.88 bits per heavy atom. The lowest BCUT2D eigenvalue weighted by atomic mass is 10.2. The summed E-state index contributed by atoms with van der Waals surface area (Å²) in [7, 11) is 0. The SMILES string of the molecule is C=CCOc1ccccc1CNC(=O)NCCOc1ccc(F)c(F)c1. The molecule has 0 saturated heterocycles. The molecule has 0 saturated carbocycles. The van der Waals surface area contributed by atoms with E-state index < -0.39 is 11.6 Å². The molecule has 5 nitrogen and oxygen atoms in total. The summed E-state index contributed by atoms with van der Waals surface area (Å²) >= 11 is 0. The first kappa shape index (κ1) is 19.2. The lowest BCUT2D eigenvalue weighted by molar-refractivity contribution is 0.236. The zero-order chi connectivity index (χ0) is 18.8. The molecule has 0 spiro atoms. The standard InChI is InChI=1S/C19H20F2N2O3/c1-2-10-26-18-6-4-3-5-14(18)13-23-19(24)22-9-11-25-15-7-8-16(20)17(21)12-15/h2-8,12H,1,9-11,13H2,(H2,22,23,24). The number of nitrogens with one attached hydrogen (secondary N) is 2. The van der Waals surface area contributed by atoms with E-state index in [1.807, 2.05) is 24.3 Å². The topological polar surface area (TPSA) is 59.6 Å². The Balaban J connectivity index is 1.70. The number of carbonyl (C=O) groups is 1. The third kappa shape index (κ3) is 6.08. The van der Waals surface area contributed by atoms with Crippen LogP contribution in [0.5, 0.6) is 11.5 Å². The van der Waals surface area contributed by atoms with Crippen LogP contribution in [-0.4, -0.2) is 25.8 Å². The third-order valence-electron chi connectivity index (χ3n) is 3.32. The quantitative estimate of drug-likeness (QED) is 0.531. The highest BCUT2D eigenvalue weighted by Gasteiger charge is 2.06. The van der Waals surface area contributed by atoms with Gasteiger partial charge in [-0.25, -0.2) is 13.6 Å². The van der Waals surface area contributed by atoms with Crippen LogP contribution in [0.25, 0.3) is 0 Å². The molecule has 0 aliphatic carbocycles. The van der Waals surface area contributed by atoms with Crippen LogP contribution >= 0.6 is 0 Å². The Bertz CT molecular complexity index is 753. The number of benzene rings is 2. The maximum absolute atomic E-state index is 13.0. The zero-order valence-corrected chi connectivity index (χ0v) is 14.1. The van der Waals surface area contributed by atoms with Crippen molar-refractivity contribution in [1.29, 1.82) is 0 Å². The van der Waals surface area contributed by atoms with Gasteiger partial charge in [-0.15, -0.1) is 0 Å². The number of hydrogen-bond acceptors (Lipinski definition) is 3. The fraction of sp³-hybridized carbons (Fsp3) is 0.211. The van der Waals surface area contributed by atoms with Gasteiger partial charge in [-0.1, -0.05) is 30.9 Å². The molecular formula is C19H20F2N2O3. The van der Waals surface area contributed by atoms with E-state index in [1.165, 1.54) is 6.07 Å². The lowest BCUT2D eigenvalue weighted by Crippen LogP contribution is -2.37. The second-order valence-electron chi connectivity index (χ2n) is 5.24. The third-order valence-corrected chi connectivity index (χ3v) is 3.32. The van der Waals surface area contributed by atoms with Crippen molar-refractivity contribution >= 4 is 6.03 Å². The smallest absolute Gasteiger partial charge is 0.315 e. The van der Waals surface area contributed by atoms with Gasteiger partial charge in [0.25, 0.3) is 0 Å².